The predicted molar refractivity (Wildman–Crippen MR) is 69.9 cm³/mol. The molecular formula is C12H17ClN4O. The number of nitrogens with zero attached hydrogens (tertiary/aromatic N) is 2. The Labute approximate surface area is 111 Å². The van der Waals surface area contributed by atoms with Crippen LogP contribution in [0.15, 0.2) is 0 Å². The van der Waals surface area contributed by atoms with Crippen molar-refractivity contribution in [2.24, 2.45) is 0 Å². The number of fused-ring (bicyclic) bond motifs is 1. The Morgan fingerprint density at radius 3 is 3.22 bits per heavy atom. The molecule has 1 aromatic heterocycles. The van der Waals surface area contributed by atoms with Gasteiger partial charge in [-0.15, -0.1) is 0 Å². The van der Waals surface area contributed by atoms with Crippen LogP contribution in [-0.2, 0) is 17.7 Å². The summed E-state index contributed by atoms with van der Waals surface area (Å²) >= 11 is 6.19. The summed E-state index contributed by atoms with van der Waals surface area (Å²) in [7, 11) is 0. The fraction of sp³-hybridized carbons (Fsp3) is 0.667. The van der Waals surface area contributed by atoms with Gasteiger partial charge in [-0.25, -0.2) is 9.97 Å². The molecule has 0 aromatic carbocycles. The third-order valence-electron chi connectivity index (χ3n) is 3.40. The van der Waals surface area contributed by atoms with Gasteiger partial charge in [-0.2, -0.15) is 0 Å². The molecule has 3 heterocycles. The monoisotopic (exact) mass is 268 g/mol. The molecule has 1 saturated heterocycles. The van der Waals surface area contributed by atoms with Gasteiger partial charge in [-0.05, 0) is 25.8 Å². The van der Waals surface area contributed by atoms with Crippen molar-refractivity contribution in [3.63, 3.8) is 0 Å². The van der Waals surface area contributed by atoms with Crippen molar-refractivity contribution in [3.8, 4) is 0 Å². The van der Waals surface area contributed by atoms with Crippen LogP contribution in [0, 0.1) is 0 Å². The van der Waals surface area contributed by atoms with Gasteiger partial charge in [0.15, 0.2) is 0 Å². The minimum atomic E-state index is 0.279. The molecule has 3 rings (SSSR count). The second kappa shape index (κ2) is 5.38. The maximum Gasteiger partial charge on any atom is 0.224 e. The molecule has 2 aliphatic heterocycles. The molecule has 2 aliphatic rings. The van der Waals surface area contributed by atoms with Crippen molar-refractivity contribution >= 4 is 17.5 Å². The van der Waals surface area contributed by atoms with E-state index in [1.807, 2.05) is 0 Å². The number of aromatic nitrogens is 2. The van der Waals surface area contributed by atoms with Gasteiger partial charge in [0.25, 0.3) is 0 Å². The fourth-order valence-corrected chi connectivity index (χ4v) is 2.69. The van der Waals surface area contributed by atoms with Gasteiger partial charge >= 0.3 is 0 Å². The van der Waals surface area contributed by atoms with Crippen molar-refractivity contribution in [3.05, 3.63) is 16.4 Å². The molecule has 1 atom stereocenters. The minimum absolute atomic E-state index is 0.279. The smallest absolute Gasteiger partial charge is 0.224 e. The largest absolute Gasteiger partial charge is 0.376 e. The van der Waals surface area contributed by atoms with Crippen molar-refractivity contribution in [1.82, 2.24) is 15.3 Å². The van der Waals surface area contributed by atoms with Crippen LogP contribution < -0.4 is 10.6 Å². The molecular weight excluding hydrogens is 252 g/mol. The Morgan fingerprint density at radius 2 is 2.39 bits per heavy atom. The van der Waals surface area contributed by atoms with Gasteiger partial charge in [-0.3, -0.25) is 0 Å². The highest BCUT2D eigenvalue weighted by Gasteiger charge is 2.18. The Balaban J connectivity index is 1.70. The maximum atomic E-state index is 6.19. The molecule has 1 unspecified atom stereocenters. The third-order valence-corrected chi connectivity index (χ3v) is 3.71. The van der Waals surface area contributed by atoms with Crippen LogP contribution in [-0.4, -0.2) is 35.8 Å². The van der Waals surface area contributed by atoms with Crippen LogP contribution in [0.1, 0.15) is 24.1 Å². The molecule has 1 fully saturated rings. The van der Waals surface area contributed by atoms with Gasteiger partial charge in [0, 0.05) is 25.3 Å². The lowest BCUT2D eigenvalue weighted by atomic mass is 10.1. The third kappa shape index (κ3) is 2.58. The summed E-state index contributed by atoms with van der Waals surface area (Å²) in [6, 6.07) is 0. The SMILES string of the molecule is Clc1nc(NCC2CCCO2)nc2c1CCNC2. The maximum absolute atomic E-state index is 6.19. The molecule has 5 nitrogen and oxygen atoms in total. The van der Waals surface area contributed by atoms with E-state index in [4.69, 9.17) is 16.3 Å². The highest BCUT2D eigenvalue weighted by Crippen LogP contribution is 2.22. The topological polar surface area (TPSA) is 59.1 Å². The van der Waals surface area contributed by atoms with Gasteiger partial charge < -0.3 is 15.4 Å². The van der Waals surface area contributed by atoms with Crippen LogP contribution in [0.2, 0.25) is 5.15 Å². The number of ether oxygens (including phenoxy) is 1. The fourth-order valence-electron chi connectivity index (χ4n) is 2.40. The first-order chi connectivity index (χ1) is 8.83. The normalized spacial score (nSPS) is 22.8. The molecule has 0 aliphatic carbocycles. The number of nitrogens with one attached hydrogen (secondary N) is 2. The van der Waals surface area contributed by atoms with E-state index in [9.17, 15) is 0 Å². The number of halogens is 1. The van der Waals surface area contributed by atoms with E-state index in [0.29, 0.717) is 11.1 Å². The van der Waals surface area contributed by atoms with E-state index in [-0.39, 0.29) is 6.10 Å². The van der Waals surface area contributed by atoms with Crippen LogP contribution in [0.25, 0.3) is 0 Å². The Morgan fingerprint density at radius 1 is 1.44 bits per heavy atom. The molecule has 2 N–H and O–H groups in total. The Bertz CT molecular complexity index is 434. The summed E-state index contributed by atoms with van der Waals surface area (Å²) in [4.78, 5) is 8.82. The number of hydrogen-bond acceptors (Lipinski definition) is 5. The lowest BCUT2D eigenvalue weighted by Gasteiger charge is -2.18. The van der Waals surface area contributed by atoms with Gasteiger partial charge in [0.1, 0.15) is 5.15 Å². The molecule has 1 aromatic rings. The van der Waals surface area contributed by atoms with Crippen LogP contribution in [0.3, 0.4) is 0 Å². The molecule has 0 bridgehead atoms. The quantitative estimate of drug-likeness (QED) is 0.811. The summed E-state index contributed by atoms with van der Waals surface area (Å²) in [5.41, 5.74) is 2.09. The first-order valence-corrected chi connectivity index (χ1v) is 6.82. The van der Waals surface area contributed by atoms with E-state index in [0.717, 1.165) is 56.8 Å². The zero-order chi connectivity index (χ0) is 12.4. The summed E-state index contributed by atoms with van der Waals surface area (Å²) in [5, 5.41) is 7.09. The van der Waals surface area contributed by atoms with Gasteiger partial charge in [-0.1, -0.05) is 11.6 Å². The second-order valence-electron chi connectivity index (χ2n) is 4.71. The highest BCUT2D eigenvalue weighted by atomic mass is 35.5. The van der Waals surface area contributed by atoms with Crippen LogP contribution in [0.4, 0.5) is 5.95 Å². The zero-order valence-electron chi connectivity index (χ0n) is 10.2. The predicted octanol–water partition coefficient (Wildman–Crippen LogP) is 1.37. The molecule has 0 spiro atoms. The molecule has 6 heteroatoms. The average Bonchev–Trinajstić information content (AvgIpc) is 2.90. The summed E-state index contributed by atoms with van der Waals surface area (Å²) in [5.74, 6) is 0.609. The van der Waals surface area contributed by atoms with Crippen LogP contribution >= 0.6 is 11.6 Å². The average molecular weight is 269 g/mol. The van der Waals surface area contributed by atoms with E-state index in [1.165, 1.54) is 0 Å². The van der Waals surface area contributed by atoms with Gasteiger partial charge in [0.2, 0.25) is 5.95 Å². The standard InChI is InChI=1S/C12H17ClN4O/c13-11-9-3-4-14-7-10(9)16-12(17-11)15-6-8-2-1-5-18-8/h8,14H,1-7H2,(H,15,16,17). The molecule has 0 amide bonds. The summed E-state index contributed by atoms with van der Waals surface area (Å²) in [6.45, 7) is 3.33. The number of hydrogen-bond donors (Lipinski definition) is 2. The zero-order valence-corrected chi connectivity index (χ0v) is 11.0. The van der Waals surface area contributed by atoms with Crippen molar-refractivity contribution in [2.75, 3.05) is 25.0 Å². The first kappa shape index (κ1) is 12.1. The van der Waals surface area contributed by atoms with Crippen LogP contribution in [0.5, 0.6) is 0 Å². The Kier molecular flexibility index (Phi) is 3.63. The highest BCUT2D eigenvalue weighted by molar-refractivity contribution is 6.30. The summed E-state index contributed by atoms with van der Waals surface area (Å²) in [6.07, 6.45) is 3.43. The summed E-state index contributed by atoms with van der Waals surface area (Å²) < 4.78 is 5.55. The molecule has 0 radical (unpaired) electrons. The van der Waals surface area contributed by atoms with E-state index in [1.54, 1.807) is 0 Å². The van der Waals surface area contributed by atoms with Gasteiger partial charge in [0.05, 0.1) is 11.8 Å². The van der Waals surface area contributed by atoms with E-state index < -0.39 is 0 Å². The van der Waals surface area contributed by atoms with Crippen molar-refractivity contribution < 1.29 is 4.74 Å². The molecule has 0 saturated carbocycles. The number of rotatable bonds is 3. The second-order valence-corrected chi connectivity index (χ2v) is 5.06. The van der Waals surface area contributed by atoms with Crippen molar-refractivity contribution in [2.45, 2.75) is 31.9 Å². The first-order valence-electron chi connectivity index (χ1n) is 6.44. The lowest BCUT2D eigenvalue weighted by Crippen LogP contribution is -2.26. The molecule has 98 valence electrons. The van der Waals surface area contributed by atoms with Crippen molar-refractivity contribution in [1.29, 1.82) is 0 Å². The number of anilines is 1. The Hall–Kier alpha value is -0.910. The minimum Gasteiger partial charge on any atom is -0.376 e. The lowest BCUT2D eigenvalue weighted by molar-refractivity contribution is 0.120. The molecule has 18 heavy (non-hydrogen) atoms. The van der Waals surface area contributed by atoms with E-state index in [2.05, 4.69) is 20.6 Å². The van der Waals surface area contributed by atoms with E-state index >= 15 is 0 Å².